The number of likely N-dealkylation sites (tertiary alicyclic amines) is 1. The number of hydrogen-bond donors (Lipinski definition) is 1. The van der Waals surface area contributed by atoms with Crippen LogP contribution in [0.1, 0.15) is 26.7 Å². The molecule has 0 aliphatic carbocycles. The molecule has 5 heteroatoms. The van der Waals surface area contributed by atoms with Crippen LogP contribution in [0.2, 0.25) is 0 Å². The van der Waals surface area contributed by atoms with Gasteiger partial charge in [0.2, 0.25) is 0 Å². The molecular weight excluding hydrogens is 206 g/mol. The second kappa shape index (κ2) is 4.97. The van der Waals surface area contributed by atoms with Crippen LogP contribution in [0.15, 0.2) is 0 Å². The molecule has 1 rings (SSSR count). The third-order valence-electron chi connectivity index (χ3n) is 2.71. The van der Waals surface area contributed by atoms with E-state index in [-0.39, 0.29) is 12.0 Å². The number of carbonyl (C=O) groups is 2. The standard InChI is InChI=1S/C11H17N3O2/c1-11(2)4-3-7-14(8-11)10(16)9(15)13-6-5-12/h3-4,6-8H2,1-2H3,(H,13,15). The molecule has 2 amide bonds. The average molecular weight is 223 g/mol. The zero-order valence-corrected chi connectivity index (χ0v) is 9.75. The van der Waals surface area contributed by atoms with Crippen LogP contribution in [-0.2, 0) is 9.59 Å². The molecule has 88 valence electrons. The van der Waals surface area contributed by atoms with Crippen LogP contribution < -0.4 is 5.32 Å². The summed E-state index contributed by atoms with van der Waals surface area (Å²) in [6, 6.07) is 1.77. The molecule has 1 heterocycles. The summed E-state index contributed by atoms with van der Waals surface area (Å²) in [7, 11) is 0. The van der Waals surface area contributed by atoms with Gasteiger partial charge in [-0.1, -0.05) is 13.8 Å². The Morgan fingerprint density at radius 3 is 2.75 bits per heavy atom. The number of piperidine rings is 1. The lowest BCUT2D eigenvalue weighted by Gasteiger charge is -2.37. The number of amides is 2. The van der Waals surface area contributed by atoms with Crippen LogP contribution in [0.3, 0.4) is 0 Å². The van der Waals surface area contributed by atoms with E-state index in [0.717, 1.165) is 12.8 Å². The Balaban J connectivity index is 2.54. The Hall–Kier alpha value is -1.57. The van der Waals surface area contributed by atoms with Crippen LogP contribution in [0, 0.1) is 16.7 Å². The molecule has 0 radical (unpaired) electrons. The lowest BCUT2D eigenvalue weighted by Crippen LogP contribution is -2.49. The van der Waals surface area contributed by atoms with Gasteiger partial charge in [-0.2, -0.15) is 5.26 Å². The molecule has 1 N–H and O–H groups in total. The van der Waals surface area contributed by atoms with Crippen molar-refractivity contribution in [3.8, 4) is 6.07 Å². The fourth-order valence-electron chi connectivity index (χ4n) is 1.94. The van der Waals surface area contributed by atoms with E-state index < -0.39 is 11.8 Å². The molecule has 0 bridgehead atoms. The normalized spacial score (nSPS) is 18.7. The molecule has 0 unspecified atom stereocenters. The van der Waals surface area contributed by atoms with Gasteiger partial charge in [0.25, 0.3) is 0 Å². The van der Waals surface area contributed by atoms with Crippen molar-refractivity contribution >= 4 is 11.8 Å². The van der Waals surface area contributed by atoms with E-state index in [1.165, 1.54) is 0 Å². The molecule has 0 aromatic carbocycles. The summed E-state index contributed by atoms with van der Waals surface area (Å²) in [5.41, 5.74) is 0.0728. The SMILES string of the molecule is CC1(C)CCCN(C(=O)C(=O)NCC#N)C1. The fraction of sp³-hybridized carbons (Fsp3) is 0.727. The van der Waals surface area contributed by atoms with Gasteiger partial charge in [0.15, 0.2) is 0 Å². The van der Waals surface area contributed by atoms with Crippen LogP contribution in [0.4, 0.5) is 0 Å². The van der Waals surface area contributed by atoms with Crippen molar-refractivity contribution in [2.45, 2.75) is 26.7 Å². The maximum atomic E-state index is 11.7. The number of nitrogens with one attached hydrogen (secondary N) is 1. The van der Waals surface area contributed by atoms with E-state index in [0.29, 0.717) is 13.1 Å². The first kappa shape index (κ1) is 12.5. The first-order chi connectivity index (χ1) is 7.46. The highest BCUT2D eigenvalue weighted by Gasteiger charge is 2.31. The molecule has 1 aliphatic rings. The van der Waals surface area contributed by atoms with Crippen molar-refractivity contribution in [2.24, 2.45) is 5.41 Å². The Morgan fingerprint density at radius 1 is 1.50 bits per heavy atom. The van der Waals surface area contributed by atoms with Gasteiger partial charge in [-0.25, -0.2) is 0 Å². The van der Waals surface area contributed by atoms with Crippen molar-refractivity contribution in [3.63, 3.8) is 0 Å². The third-order valence-corrected chi connectivity index (χ3v) is 2.71. The van der Waals surface area contributed by atoms with E-state index in [4.69, 9.17) is 5.26 Å². The van der Waals surface area contributed by atoms with Gasteiger partial charge in [0.1, 0.15) is 6.54 Å². The number of nitriles is 1. The highest BCUT2D eigenvalue weighted by atomic mass is 16.2. The second-order valence-corrected chi connectivity index (χ2v) is 4.84. The van der Waals surface area contributed by atoms with Gasteiger partial charge in [0.05, 0.1) is 6.07 Å². The number of carbonyl (C=O) groups excluding carboxylic acids is 2. The molecule has 16 heavy (non-hydrogen) atoms. The highest BCUT2D eigenvalue weighted by molar-refractivity contribution is 6.35. The molecule has 0 saturated carbocycles. The predicted molar refractivity (Wildman–Crippen MR) is 58.2 cm³/mol. The minimum atomic E-state index is -0.681. The van der Waals surface area contributed by atoms with Gasteiger partial charge >= 0.3 is 11.8 Å². The van der Waals surface area contributed by atoms with E-state index in [9.17, 15) is 9.59 Å². The lowest BCUT2D eigenvalue weighted by molar-refractivity contribution is -0.147. The summed E-state index contributed by atoms with van der Waals surface area (Å²) < 4.78 is 0. The molecule has 0 aromatic rings. The van der Waals surface area contributed by atoms with Crippen molar-refractivity contribution < 1.29 is 9.59 Å². The second-order valence-electron chi connectivity index (χ2n) is 4.84. The van der Waals surface area contributed by atoms with Crippen molar-refractivity contribution in [2.75, 3.05) is 19.6 Å². The van der Waals surface area contributed by atoms with Crippen molar-refractivity contribution in [1.82, 2.24) is 10.2 Å². The Morgan fingerprint density at radius 2 is 2.19 bits per heavy atom. The summed E-state index contributed by atoms with van der Waals surface area (Å²) in [6.07, 6.45) is 1.99. The summed E-state index contributed by atoms with van der Waals surface area (Å²) in [5, 5.41) is 10.6. The summed E-state index contributed by atoms with van der Waals surface area (Å²) in [6.45, 7) is 5.27. The third kappa shape index (κ3) is 3.23. The van der Waals surface area contributed by atoms with E-state index in [1.807, 2.05) is 0 Å². The minimum Gasteiger partial charge on any atom is -0.335 e. The highest BCUT2D eigenvalue weighted by Crippen LogP contribution is 2.28. The predicted octanol–water partition coefficient (Wildman–Crippen LogP) is 0.275. The number of rotatable bonds is 1. The van der Waals surface area contributed by atoms with Gasteiger partial charge < -0.3 is 10.2 Å². The fourth-order valence-corrected chi connectivity index (χ4v) is 1.94. The first-order valence-electron chi connectivity index (χ1n) is 5.40. The molecule has 0 spiro atoms. The molecule has 1 saturated heterocycles. The summed E-state index contributed by atoms with van der Waals surface area (Å²) in [5.74, 6) is -1.21. The zero-order valence-electron chi connectivity index (χ0n) is 9.75. The molecular formula is C11H17N3O2. The maximum Gasteiger partial charge on any atom is 0.311 e. The van der Waals surface area contributed by atoms with E-state index in [1.54, 1.807) is 11.0 Å². The molecule has 0 atom stereocenters. The Kier molecular flexibility index (Phi) is 3.88. The molecule has 0 aromatic heterocycles. The van der Waals surface area contributed by atoms with Crippen LogP contribution in [0.25, 0.3) is 0 Å². The maximum absolute atomic E-state index is 11.7. The Labute approximate surface area is 95.4 Å². The number of nitrogens with zero attached hydrogens (tertiary/aromatic N) is 2. The summed E-state index contributed by atoms with van der Waals surface area (Å²) >= 11 is 0. The quantitative estimate of drug-likeness (QED) is 0.512. The topological polar surface area (TPSA) is 73.2 Å². The molecule has 5 nitrogen and oxygen atoms in total. The first-order valence-corrected chi connectivity index (χ1v) is 5.40. The van der Waals surface area contributed by atoms with Crippen LogP contribution in [-0.4, -0.2) is 36.3 Å². The Bertz CT molecular complexity index is 331. The van der Waals surface area contributed by atoms with Gasteiger partial charge in [0, 0.05) is 13.1 Å². The van der Waals surface area contributed by atoms with Gasteiger partial charge in [-0.15, -0.1) is 0 Å². The monoisotopic (exact) mass is 223 g/mol. The minimum absolute atomic E-state index is 0.0728. The average Bonchev–Trinajstić information content (AvgIpc) is 2.23. The van der Waals surface area contributed by atoms with Crippen molar-refractivity contribution in [3.05, 3.63) is 0 Å². The van der Waals surface area contributed by atoms with Crippen molar-refractivity contribution in [1.29, 1.82) is 5.26 Å². The van der Waals surface area contributed by atoms with Gasteiger partial charge in [-0.3, -0.25) is 9.59 Å². The zero-order chi connectivity index (χ0) is 12.2. The largest absolute Gasteiger partial charge is 0.335 e. The van der Waals surface area contributed by atoms with Crippen LogP contribution >= 0.6 is 0 Å². The molecule has 1 aliphatic heterocycles. The van der Waals surface area contributed by atoms with E-state index >= 15 is 0 Å². The van der Waals surface area contributed by atoms with Crippen LogP contribution in [0.5, 0.6) is 0 Å². The number of hydrogen-bond acceptors (Lipinski definition) is 3. The summed E-state index contributed by atoms with van der Waals surface area (Å²) in [4.78, 5) is 24.6. The van der Waals surface area contributed by atoms with E-state index in [2.05, 4.69) is 19.2 Å². The molecule has 1 fully saturated rings. The van der Waals surface area contributed by atoms with Gasteiger partial charge in [-0.05, 0) is 18.3 Å². The smallest absolute Gasteiger partial charge is 0.311 e. The lowest BCUT2D eigenvalue weighted by atomic mass is 9.84.